The molecular formula is C20H22ClNO5. The molecule has 7 heteroatoms. The molecule has 0 saturated heterocycles. The van der Waals surface area contributed by atoms with Gasteiger partial charge in [0.25, 0.3) is 5.91 Å². The van der Waals surface area contributed by atoms with Crippen LogP contribution in [0.2, 0.25) is 5.02 Å². The summed E-state index contributed by atoms with van der Waals surface area (Å²) in [5.74, 6) is -0.843. The minimum atomic E-state index is -1.05. The number of benzene rings is 2. The SMILES string of the molecule is COCC(NC(=O)c1cc(C)c(OCC(=O)O)c(C)c1)c1ccc(Cl)cc1. The van der Waals surface area contributed by atoms with Gasteiger partial charge in [-0.05, 0) is 54.8 Å². The number of rotatable bonds is 8. The molecule has 0 aliphatic heterocycles. The Bertz CT molecular complexity index is 797. The van der Waals surface area contributed by atoms with Gasteiger partial charge in [0.05, 0.1) is 12.6 Å². The summed E-state index contributed by atoms with van der Waals surface area (Å²) in [4.78, 5) is 23.4. The van der Waals surface area contributed by atoms with E-state index in [1.807, 2.05) is 12.1 Å². The maximum atomic E-state index is 12.7. The Labute approximate surface area is 163 Å². The summed E-state index contributed by atoms with van der Waals surface area (Å²) < 4.78 is 10.5. The van der Waals surface area contributed by atoms with Crippen LogP contribution in [0.5, 0.6) is 5.75 Å². The summed E-state index contributed by atoms with van der Waals surface area (Å²) in [5, 5.41) is 12.3. The van der Waals surface area contributed by atoms with Crippen LogP contribution >= 0.6 is 11.6 Å². The average Bonchev–Trinajstić information content (AvgIpc) is 2.61. The minimum Gasteiger partial charge on any atom is -0.481 e. The molecule has 0 spiro atoms. The molecule has 0 aliphatic carbocycles. The zero-order valence-electron chi connectivity index (χ0n) is 15.4. The number of ether oxygens (including phenoxy) is 2. The average molecular weight is 392 g/mol. The first-order chi connectivity index (χ1) is 12.8. The summed E-state index contributed by atoms with van der Waals surface area (Å²) in [6, 6.07) is 10.2. The Hall–Kier alpha value is -2.57. The molecule has 2 N–H and O–H groups in total. The number of hydrogen-bond donors (Lipinski definition) is 2. The molecule has 0 radical (unpaired) electrons. The molecule has 6 nitrogen and oxygen atoms in total. The molecule has 1 atom stereocenters. The predicted molar refractivity (Wildman–Crippen MR) is 103 cm³/mol. The van der Waals surface area contributed by atoms with Crippen molar-refractivity contribution in [3.63, 3.8) is 0 Å². The van der Waals surface area contributed by atoms with Gasteiger partial charge in [-0.1, -0.05) is 23.7 Å². The lowest BCUT2D eigenvalue weighted by Crippen LogP contribution is -2.31. The molecule has 144 valence electrons. The Morgan fingerprint density at radius 1 is 1.15 bits per heavy atom. The number of hydrogen-bond acceptors (Lipinski definition) is 4. The molecule has 2 aromatic rings. The van der Waals surface area contributed by atoms with Gasteiger partial charge in [0.15, 0.2) is 6.61 Å². The summed E-state index contributed by atoms with van der Waals surface area (Å²) in [6.45, 7) is 3.42. The second kappa shape index (κ2) is 9.39. The Kier molecular flexibility index (Phi) is 7.21. The highest BCUT2D eigenvalue weighted by Crippen LogP contribution is 2.25. The first-order valence-corrected chi connectivity index (χ1v) is 8.70. The van der Waals surface area contributed by atoms with Crippen molar-refractivity contribution in [3.05, 3.63) is 63.7 Å². The van der Waals surface area contributed by atoms with Crippen molar-refractivity contribution in [2.45, 2.75) is 19.9 Å². The topological polar surface area (TPSA) is 84.9 Å². The van der Waals surface area contributed by atoms with Crippen molar-refractivity contribution in [1.82, 2.24) is 5.32 Å². The predicted octanol–water partition coefficient (Wildman–Crippen LogP) is 3.54. The normalized spacial score (nSPS) is 11.7. The van der Waals surface area contributed by atoms with Crippen LogP contribution in [0.1, 0.15) is 33.1 Å². The van der Waals surface area contributed by atoms with E-state index in [0.717, 1.165) is 5.56 Å². The number of aryl methyl sites for hydroxylation is 2. The molecule has 2 aromatic carbocycles. The van der Waals surface area contributed by atoms with Gasteiger partial charge in [-0.25, -0.2) is 4.79 Å². The number of aliphatic carboxylic acids is 1. The number of amides is 1. The molecule has 2 rings (SSSR count). The largest absolute Gasteiger partial charge is 0.481 e. The number of carbonyl (C=O) groups is 2. The molecule has 0 saturated carbocycles. The van der Waals surface area contributed by atoms with Gasteiger partial charge in [0, 0.05) is 17.7 Å². The fourth-order valence-corrected chi connectivity index (χ4v) is 2.89. The van der Waals surface area contributed by atoms with Crippen molar-refractivity contribution < 1.29 is 24.2 Å². The highest BCUT2D eigenvalue weighted by molar-refractivity contribution is 6.30. The van der Waals surface area contributed by atoms with E-state index >= 15 is 0 Å². The van der Waals surface area contributed by atoms with Crippen LogP contribution in [0.3, 0.4) is 0 Å². The van der Waals surface area contributed by atoms with Gasteiger partial charge >= 0.3 is 5.97 Å². The van der Waals surface area contributed by atoms with E-state index < -0.39 is 12.6 Å². The molecule has 1 amide bonds. The zero-order chi connectivity index (χ0) is 20.0. The van der Waals surface area contributed by atoms with Crippen molar-refractivity contribution in [2.24, 2.45) is 0 Å². The lowest BCUT2D eigenvalue weighted by molar-refractivity contribution is -0.139. The number of nitrogens with one attached hydrogen (secondary N) is 1. The molecule has 0 aliphatic rings. The van der Waals surface area contributed by atoms with E-state index in [9.17, 15) is 9.59 Å². The third-order valence-corrected chi connectivity index (χ3v) is 4.23. The van der Waals surface area contributed by atoms with E-state index in [4.69, 9.17) is 26.2 Å². The monoisotopic (exact) mass is 391 g/mol. The first-order valence-electron chi connectivity index (χ1n) is 8.33. The Morgan fingerprint density at radius 2 is 1.74 bits per heavy atom. The van der Waals surface area contributed by atoms with Crippen LogP contribution < -0.4 is 10.1 Å². The minimum absolute atomic E-state index is 0.261. The van der Waals surface area contributed by atoms with Gasteiger partial charge in [0.2, 0.25) is 0 Å². The number of methoxy groups -OCH3 is 1. The second-order valence-electron chi connectivity index (χ2n) is 6.15. The number of carboxylic acid groups (broad SMARTS) is 1. The molecule has 27 heavy (non-hydrogen) atoms. The number of carbonyl (C=O) groups excluding carboxylic acids is 1. The third kappa shape index (κ3) is 5.70. The summed E-state index contributed by atoms with van der Waals surface area (Å²) in [5.41, 5.74) is 2.72. The molecular weight excluding hydrogens is 370 g/mol. The van der Waals surface area contributed by atoms with E-state index in [1.165, 1.54) is 0 Å². The maximum Gasteiger partial charge on any atom is 0.341 e. The lowest BCUT2D eigenvalue weighted by atomic mass is 10.0. The van der Waals surface area contributed by atoms with E-state index in [2.05, 4.69) is 5.32 Å². The smallest absolute Gasteiger partial charge is 0.341 e. The van der Waals surface area contributed by atoms with Crippen molar-refractivity contribution in [3.8, 4) is 5.75 Å². The van der Waals surface area contributed by atoms with Crippen LogP contribution in [-0.4, -0.2) is 37.3 Å². The van der Waals surface area contributed by atoms with Gasteiger partial charge in [-0.2, -0.15) is 0 Å². The summed E-state index contributed by atoms with van der Waals surface area (Å²) in [6.07, 6.45) is 0. The lowest BCUT2D eigenvalue weighted by Gasteiger charge is -2.19. The Balaban J connectivity index is 2.20. The van der Waals surface area contributed by atoms with Crippen LogP contribution in [0.15, 0.2) is 36.4 Å². The van der Waals surface area contributed by atoms with Crippen LogP contribution in [-0.2, 0) is 9.53 Å². The highest BCUT2D eigenvalue weighted by atomic mass is 35.5. The molecule has 1 unspecified atom stereocenters. The third-order valence-electron chi connectivity index (χ3n) is 3.97. The van der Waals surface area contributed by atoms with Crippen molar-refractivity contribution in [2.75, 3.05) is 20.3 Å². The summed E-state index contributed by atoms with van der Waals surface area (Å²) in [7, 11) is 1.57. The molecule has 0 bridgehead atoms. The van der Waals surface area contributed by atoms with Crippen LogP contribution in [0.25, 0.3) is 0 Å². The maximum absolute atomic E-state index is 12.7. The van der Waals surface area contributed by atoms with Gasteiger partial charge in [-0.15, -0.1) is 0 Å². The van der Waals surface area contributed by atoms with Crippen LogP contribution in [0.4, 0.5) is 0 Å². The zero-order valence-corrected chi connectivity index (χ0v) is 16.2. The number of carboxylic acids is 1. The molecule has 0 aromatic heterocycles. The van der Waals surface area contributed by atoms with Gasteiger partial charge in [0.1, 0.15) is 5.75 Å². The van der Waals surface area contributed by atoms with Crippen molar-refractivity contribution in [1.29, 1.82) is 0 Å². The summed E-state index contributed by atoms with van der Waals surface area (Å²) >= 11 is 5.92. The van der Waals surface area contributed by atoms with E-state index in [0.29, 0.717) is 34.1 Å². The quantitative estimate of drug-likeness (QED) is 0.719. The molecule has 0 fully saturated rings. The van der Waals surface area contributed by atoms with Gasteiger partial charge < -0.3 is 19.9 Å². The van der Waals surface area contributed by atoms with E-state index in [1.54, 1.807) is 45.2 Å². The fraction of sp³-hybridized carbons (Fsp3) is 0.300. The van der Waals surface area contributed by atoms with Crippen LogP contribution in [0, 0.1) is 13.8 Å². The van der Waals surface area contributed by atoms with Crippen molar-refractivity contribution >= 4 is 23.5 Å². The van der Waals surface area contributed by atoms with Gasteiger partial charge in [-0.3, -0.25) is 4.79 Å². The number of halogens is 1. The molecule has 0 heterocycles. The standard InChI is InChI=1S/C20H22ClNO5/c1-12-8-15(9-13(2)19(12)27-11-18(23)24)20(25)22-17(10-26-3)14-4-6-16(21)7-5-14/h4-9,17H,10-11H2,1-3H3,(H,22,25)(H,23,24). The highest BCUT2D eigenvalue weighted by Gasteiger charge is 2.18. The Morgan fingerprint density at radius 3 is 2.26 bits per heavy atom. The van der Waals surface area contributed by atoms with E-state index in [-0.39, 0.29) is 11.9 Å². The second-order valence-corrected chi connectivity index (χ2v) is 6.59. The fourth-order valence-electron chi connectivity index (χ4n) is 2.77. The first kappa shape index (κ1) is 20.7.